The molecule has 2 aromatic rings. The highest BCUT2D eigenvalue weighted by atomic mass is 32.1. The van der Waals surface area contributed by atoms with Crippen LogP contribution in [0, 0.1) is 17.1 Å². The van der Waals surface area contributed by atoms with Crippen LogP contribution in [0.1, 0.15) is 5.56 Å². The van der Waals surface area contributed by atoms with Crippen LogP contribution in [0.4, 0.5) is 15.2 Å². The number of anilines is 2. The third-order valence-corrected chi connectivity index (χ3v) is 2.49. The second kappa shape index (κ2) is 4.07. The summed E-state index contributed by atoms with van der Waals surface area (Å²) in [6.07, 6.45) is 1.61. The summed E-state index contributed by atoms with van der Waals surface area (Å²) in [4.78, 5) is 3.96. The SMILES string of the molecule is N#Cc1cccc(F)c1Nc1nccs1. The summed E-state index contributed by atoms with van der Waals surface area (Å²) >= 11 is 1.35. The van der Waals surface area contributed by atoms with Crippen molar-refractivity contribution in [2.45, 2.75) is 0 Å². The molecule has 0 atom stereocenters. The molecule has 5 heteroatoms. The molecular weight excluding hydrogens is 213 g/mol. The molecule has 0 fully saturated rings. The van der Waals surface area contributed by atoms with E-state index < -0.39 is 5.82 Å². The Bertz CT molecular complexity index is 502. The van der Waals surface area contributed by atoms with Crippen molar-refractivity contribution in [3.05, 3.63) is 41.2 Å². The minimum Gasteiger partial charge on any atom is -0.328 e. The van der Waals surface area contributed by atoms with Gasteiger partial charge in [0.1, 0.15) is 11.9 Å². The number of halogens is 1. The highest BCUT2D eigenvalue weighted by molar-refractivity contribution is 7.13. The Balaban J connectivity index is 2.40. The molecule has 0 aliphatic rings. The van der Waals surface area contributed by atoms with Gasteiger partial charge in [0, 0.05) is 11.6 Å². The van der Waals surface area contributed by atoms with E-state index in [0.29, 0.717) is 5.13 Å². The van der Waals surface area contributed by atoms with Crippen LogP contribution in [-0.4, -0.2) is 4.98 Å². The molecule has 2 rings (SSSR count). The van der Waals surface area contributed by atoms with Gasteiger partial charge in [0.15, 0.2) is 5.13 Å². The molecule has 0 saturated carbocycles. The Morgan fingerprint density at radius 3 is 3.00 bits per heavy atom. The number of rotatable bonds is 2. The number of nitrogens with zero attached hydrogens (tertiary/aromatic N) is 2. The van der Waals surface area contributed by atoms with E-state index in [2.05, 4.69) is 10.3 Å². The van der Waals surface area contributed by atoms with Crippen LogP contribution in [-0.2, 0) is 0 Å². The Morgan fingerprint density at radius 2 is 2.33 bits per heavy atom. The molecule has 0 saturated heterocycles. The highest BCUT2D eigenvalue weighted by Crippen LogP contribution is 2.24. The van der Waals surface area contributed by atoms with Gasteiger partial charge >= 0.3 is 0 Å². The molecule has 0 bridgehead atoms. The second-order valence-electron chi connectivity index (χ2n) is 2.74. The van der Waals surface area contributed by atoms with Gasteiger partial charge in [0.05, 0.1) is 11.3 Å². The summed E-state index contributed by atoms with van der Waals surface area (Å²) in [5.74, 6) is -0.454. The Hall–Kier alpha value is -1.93. The minimum absolute atomic E-state index is 0.176. The monoisotopic (exact) mass is 219 g/mol. The summed E-state index contributed by atoms with van der Waals surface area (Å²) in [5.41, 5.74) is 0.445. The Kier molecular flexibility index (Phi) is 2.61. The summed E-state index contributed by atoms with van der Waals surface area (Å²) in [6.45, 7) is 0. The topological polar surface area (TPSA) is 48.7 Å². The number of benzene rings is 1. The minimum atomic E-state index is -0.454. The average Bonchev–Trinajstić information content (AvgIpc) is 2.74. The van der Waals surface area contributed by atoms with E-state index in [1.165, 1.54) is 23.5 Å². The lowest BCUT2D eigenvalue weighted by Crippen LogP contribution is -1.96. The zero-order valence-electron chi connectivity index (χ0n) is 7.57. The van der Waals surface area contributed by atoms with Gasteiger partial charge in [-0.15, -0.1) is 11.3 Å². The van der Waals surface area contributed by atoms with E-state index in [9.17, 15) is 4.39 Å². The maximum Gasteiger partial charge on any atom is 0.187 e. The van der Waals surface area contributed by atoms with Gasteiger partial charge in [0.2, 0.25) is 0 Å². The lowest BCUT2D eigenvalue weighted by atomic mass is 10.2. The first-order valence-corrected chi connectivity index (χ1v) is 5.04. The maximum atomic E-state index is 13.4. The van der Waals surface area contributed by atoms with Crippen molar-refractivity contribution in [1.82, 2.24) is 4.98 Å². The molecule has 1 aromatic heterocycles. The second-order valence-corrected chi connectivity index (χ2v) is 3.63. The predicted molar refractivity (Wildman–Crippen MR) is 56.5 cm³/mol. The van der Waals surface area contributed by atoms with Gasteiger partial charge in [-0.25, -0.2) is 9.37 Å². The predicted octanol–water partition coefficient (Wildman–Crippen LogP) is 2.90. The van der Waals surface area contributed by atoms with Gasteiger partial charge in [-0.2, -0.15) is 5.26 Å². The van der Waals surface area contributed by atoms with Gasteiger partial charge in [-0.3, -0.25) is 0 Å². The number of aromatic nitrogens is 1. The molecule has 0 aliphatic heterocycles. The van der Waals surface area contributed by atoms with Gasteiger partial charge in [0.25, 0.3) is 0 Å². The molecule has 1 heterocycles. The van der Waals surface area contributed by atoms with E-state index in [-0.39, 0.29) is 11.3 Å². The molecule has 0 amide bonds. The van der Waals surface area contributed by atoms with Crippen molar-refractivity contribution in [3.8, 4) is 6.07 Å². The Morgan fingerprint density at radius 1 is 1.47 bits per heavy atom. The summed E-state index contributed by atoms with van der Waals surface area (Å²) in [7, 11) is 0. The first-order chi connectivity index (χ1) is 7.31. The quantitative estimate of drug-likeness (QED) is 0.844. The van der Waals surface area contributed by atoms with Crippen molar-refractivity contribution < 1.29 is 4.39 Å². The Labute approximate surface area is 89.8 Å². The highest BCUT2D eigenvalue weighted by Gasteiger charge is 2.08. The molecular formula is C10H6FN3S. The molecule has 0 unspecified atom stereocenters. The van der Waals surface area contributed by atoms with Gasteiger partial charge < -0.3 is 5.32 Å². The summed E-state index contributed by atoms with van der Waals surface area (Å²) < 4.78 is 13.4. The molecule has 0 radical (unpaired) electrons. The van der Waals surface area contributed by atoms with E-state index in [1.807, 2.05) is 6.07 Å². The van der Waals surface area contributed by atoms with Crippen molar-refractivity contribution in [2.75, 3.05) is 5.32 Å². The van der Waals surface area contributed by atoms with Crippen LogP contribution in [0.15, 0.2) is 29.8 Å². The number of nitriles is 1. The lowest BCUT2D eigenvalue weighted by Gasteiger charge is -2.05. The number of hydrogen-bond acceptors (Lipinski definition) is 4. The molecule has 0 spiro atoms. The third-order valence-electron chi connectivity index (χ3n) is 1.80. The van der Waals surface area contributed by atoms with Crippen molar-refractivity contribution in [1.29, 1.82) is 5.26 Å². The molecule has 15 heavy (non-hydrogen) atoms. The van der Waals surface area contributed by atoms with Gasteiger partial charge in [-0.05, 0) is 12.1 Å². The van der Waals surface area contributed by atoms with Crippen LogP contribution in [0.5, 0.6) is 0 Å². The normalized spacial score (nSPS) is 9.60. The molecule has 0 aliphatic carbocycles. The number of nitrogens with one attached hydrogen (secondary N) is 1. The molecule has 1 aromatic carbocycles. The van der Waals surface area contributed by atoms with Gasteiger partial charge in [-0.1, -0.05) is 6.07 Å². The summed E-state index contributed by atoms with van der Waals surface area (Å²) in [5, 5.41) is 13.9. The first kappa shape index (κ1) is 9.62. The fraction of sp³-hybridized carbons (Fsp3) is 0. The maximum absolute atomic E-state index is 13.4. The van der Waals surface area contributed by atoms with Crippen LogP contribution in [0.2, 0.25) is 0 Å². The van der Waals surface area contributed by atoms with Crippen LogP contribution in [0.3, 0.4) is 0 Å². The van der Waals surface area contributed by atoms with Crippen molar-refractivity contribution >= 4 is 22.2 Å². The fourth-order valence-electron chi connectivity index (χ4n) is 1.14. The summed E-state index contributed by atoms with van der Waals surface area (Å²) in [6, 6.07) is 6.28. The largest absolute Gasteiger partial charge is 0.328 e. The zero-order valence-corrected chi connectivity index (χ0v) is 8.38. The third kappa shape index (κ3) is 1.95. The van der Waals surface area contributed by atoms with E-state index in [4.69, 9.17) is 5.26 Å². The standard InChI is InChI=1S/C10H6FN3S/c11-8-3-1-2-7(6-12)9(8)14-10-13-4-5-15-10/h1-5H,(H,13,14). The molecule has 74 valence electrons. The van der Waals surface area contributed by atoms with Crippen molar-refractivity contribution in [2.24, 2.45) is 0 Å². The molecule has 1 N–H and O–H groups in total. The van der Waals surface area contributed by atoms with Crippen molar-refractivity contribution in [3.63, 3.8) is 0 Å². The number of thiazole rings is 1. The van der Waals surface area contributed by atoms with E-state index in [0.717, 1.165) is 0 Å². The van der Waals surface area contributed by atoms with Crippen LogP contribution in [0.25, 0.3) is 0 Å². The van der Waals surface area contributed by atoms with E-state index >= 15 is 0 Å². The number of hydrogen-bond donors (Lipinski definition) is 1. The van der Waals surface area contributed by atoms with Crippen LogP contribution < -0.4 is 5.32 Å². The van der Waals surface area contributed by atoms with Crippen LogP contribution >= 0.6 is 11.3 Å². The van der Waals surface area contributed by atoms with E-state index in [1.54, 1.807) is 17.6 Å². The lowest BCUT2D eigenvalue weighted by molar-refractivity contribution is 0.631. The average molecular weight is 219 g/mol. The fourth-order valence-corrected chi connectivity index (χ4v) is 1.67. The number of para-hydroxylation sites is 1. The molecule has 3 nitrogen and oxygen atoms in total. The zero-order chi connectivity index (χ0) is 10.7. The first-order valence-electron chi connectivity index (χ1n) is 4.16. The smallest absolute Gasteiger partial charge is 0.187 e.